The number of hydrogen-bond donors (Lipinski definition) is 4. The first-order valence-corrected chi connectivity index (χ1v) is 8.60. The fourth-order valence-corrected chi connectivity index (χ4v) is 4.39. The monoisotopic (exact) mass is 375 g/mol. The van der Waals surface area contributed by atoms with E-state index in [4.69, 9.17) is 20.7 Å². The standard InChI is InChI=1S/C14H21N3O7S/c1-14(2)12(24-13(22)23)17-9(19)8(10(17)25-14)16-7(18)5-3-4-6(15)11(20)21/h6,8,10,12H,3-5,15H2,1-2H3,(H,16,18)(H,20,21)(H,22,23). The molecule has 2 rings (SSSR count). The minimum absolute atomic E-state index is 0.0561. The van der Waals surface area contributed by atoms with E-state index in [0.717, 1.165) is 0 Å². The number of nitrogens with two attached hydrogens (primary N) is 1. The van der Waals surface area contributed by atoms with Crippen molar-refractivity contribution in [2.24, 2.45) is 5.73 Å². The summed E-state index contributed by atoms with van der Waals surface area (Å²) >= 11 is 1.36. The van der Waals surface area contributed by atoms with Crippen LogP contribution in [-0.4, -0.2) is 67.5 Å². The van der Waals surface area contributed by atoms with Crippen molar-refractivity contribution in [3.63, 3.8) is 0 Å². The van der Waals surface area contributed by atoms with Crippen LogP contribution in [0.5, 0.6) is 0 Å². The summed E-state index contributed by atoms with van der Waals surface area (Å²) < 4.78 is 4.18. The Morgan fingerprint density at radius 3 is 2.60 bits per heavy atom. The van der Waals surface area contributed by atoms with Crippen LogP contribution < -0.4 is 11.1 Å². The highest BCUT2D eigenvalue weighted by atomic mass is 32.2. The van der Waals surface area contributed by atoms with Crippen molar-refractivity contribution in [1.29, 1.82) is 0 Å². The molecular weight excluding hydrogens is 354 g/mol. The molecule has 0 aromatic heterocycles. The van der Waals surface area contributed by atoms with E-state index in [1.165, 1.54) is 16.7 Å². The molecule has 0 aromatic carbocycles. The summed E-state index contributed by atoms with van der Waals surface area (Å²) in [4.78, 5) is 47.0. The predicted octanol–water partition coefficient (Wildman–Crippen LogP) is -0.232. The fraction of sp³-hybridized carbons (Fsp3) is 0.714. The number of carboxylic acids is 1. The number of fused-ring (bicyclic) bond motifs is 1. The Balaban J connectivity index is 1.87. The number of nitrogens with zero attached hydrogens (tertiary/aromatic N) is 1. The lowest BCUT2D eigenvalue weighted by Gasteiger charge is -2.43. The number of aliphatic carboxylic acids is 1. The number of rotatable bonds is 7. The van der Waals surface area contributed by atoms with Gasteiger partial charge in [0, 0.05) is 6.42 Å². The lowest BCUT2D eigenvalue weighted by Crippen LogP contribution is -2.70. The quantitative estimate of drug-likeness (QED) is 0.348. The molecule has 4 unspecified atom stereocenters. The summed E-state index contributed by atoms with van der Waals surface area (Å²) in [7, 11) is 0. The van der Waals surface area contributed by atoms with Crippen LogP contribution >= 0.6 is 11.8 Å². The van der Waals surface area contributed by atoms with Gasteiger partial charge in [0.25, 0.3) is 5.91 Å². The third-order valence-corrected chi connectivity index (χ3v) is 5.67. The predicted molar refractivity (Wildman–Crippen MR) is 86.6 cm³/mol. The van der Waals surface area contributed by atoms with Crippen LogP contribution in [-0.2, 0) is 19.1 Å². The number of carbonyl (C=O) groups excluding carboxylic acids is 2. The minimum Gasteiger partial charge on any atom is -0.480 e. The van der Waals surface area contributed by atoms with Gasteiger partial charge in [-0.25, -0.2) is 4.79 Å². The van der Waals surface area contributed by atoms with Crippen molar-refractivity contribution in [1.82, 2.24) is 10.2 Å². The summed E-state index contributed by atoms with van der Waals surface area (Å²) in [6, 6.07) is -1.76. The van der Waals surface area contributed by atoms with Crippen LogP contribution in [0.4, 0.5) is 4.79 Å². The lowest BCUT2D eigenvalue weighted by molar-refractivity contribution is -0.163. The Hall–Kier alpha value is -2.01. The van der Waals surface area contributed by atoms with Gasteiger partial charge in [-0.2, -0.15) is 0 Å². The van der Waals surface area contributed by atoms with Crippen molar-refractivity contribution in [2.45, 2.75) is 61.5 Å². The van der Waals surface area contributed by atoms with Gasteiger partial charge in [-0.05, 0) is 26.7 Å². The van der Waals surface area contributed by atoms with Crippen LogP contribution in [0.15, 0.2) is 0 Å². The zero-order valence-electron chi connectivity index (χ0n) is 13.8. The van der Waals surface area contributed by atoms with Gasteiger partial charge in [0.15, 0.2) is 6.23 Å². The van der Waals surface area contributed by atoms with Crippen molar-refractivity contribution in [2.75, 3.05) is 0 Å². The summed E-state index contributed by atoms with van der Waals surface area (Å²) in [6.45, 7) is 3.53. The van der Waals surface area contributed by atoms with Crippen molar-refractivity contribution in [3.8, 4) is 0 Å². The highest BCUT2D eigenvalue weighted by Gasteiger charge is 2.63. The van der Waals surface area contributed by atoms with E-state index in [-0.39, 0.29) is 25.2 Å². The van der Waals surface area contributed by atoms with Gasteiger partial charge < -0.3 is 26.0 Å². The molecule has 140 valence electrons. The molecule has 0 bridgehead atoms. The summed E-state index contributed by atoms with van der Waals surface area (Å²) in [5.74, 6) is -1.90. The van der Waals surface area contributed by atoms with Gasteiger partial charge in [0.2, 0.25) is 5.91 Å². The second-order valence-corrected chi connectivity index (χ2v) is 8.25. The number of β-lactam (4-membered cyclic amide) rings is 1. The summed E-state index contributed by atoms with van der Waals surface area (Å²) in [6.07, 6.45) is -1.87. The van der Waals surface area contributed by atoms with Gasteiger partial charge in [-0.1, -0.05) is 0 Å². The number of amides is 2. The van der Waals surface area contributed by atoms with Gasteiger partial charge in [-0.15, -0.1) is 11.8 Å². The number of ether oxygens (including phenoxy) is 1. The zero-order valence-corrected chi connectivity index (χ0v) is 14.6. The molecule has 11 heteroatoms. The molecule has 2 aliphatic heterocycles. The first kappa shape index (κ1) is 19.3. The topological polar surface area (TPSA) is 159 Å². The highest BCUT2D eigenvalue weighted by Crippen LogP contribution is 2.51. The first-order valence-electron chi connectivity index (χ1n) is 7.72. The molecule has 25 heavy (non-hydrogen) atoms. The molecule has 0 aliphatic carbocycles. The third kappa shape index (κ3) is 3.98. The van der Waals surface area contributed by atoms with Crippen LogP contribution in [0.1, 0.15) is 33.1 Å². The van der Waals surface area contributed by atoms with Crippen molar-refractivity contribution in [3.05, 3.63) is 0 Å². The Bertz CT molecular complexity index is 597. The number of nitrogens with one attached hydrogen (secondary N) is 1. The maximum Gasteiger partial charge on any atom is 0.507 e. The normalized spacial score (nSPS) is 27.9. The van der Waals surface area contributed by atoms with E-state index in [9.17, 15) is 19.2 Å². The molecular formula is C14H21N3O7S. The zero-order chi connectivity index (χ0) is 18.9. The second-order valence-electron chi connectivity index (χ2n) is 6.48. The van der Waals surface area contributed by atoms with E-state index in [1.807, 2.05) is 0 Å². The van der Waals surface area contributed by atoms with Crippen LogP contribution in [0.3, 0.4) is 0 Å². The molecule has 5 N–H and O–H groups in total. The maximum atomic E-state index is 12.3. The molecule has 2 fully saturated rings. The van der Waals surface area contributed by atoms with Crippen molar-refractivity contribution >= 4 is 35.7 Å². The summed E-state index contributed by atoms with van der Waals surface area (Å²) in [5.41, 5.74) is 5.36. The molecule has 2 aliphatic rings. The average Bonchev–Trinajstić information content (AvgIpc) is 2.72. The van der Waals surface area contributed by atoms with Gasteiger partial charge >= 0.3 is 12.1 Å². The Labute approximate surface area is 148 Å². The Morgan fingerprint density at radius 2 is 2.04 bits per heavy atom. The van der Waals surface area contributed by atoms with Crippen LogP contribution in [0, 0.1) is 0 Å². The summed E-state index contributed by atoms with van der Waals surface area (Å²) in [5, 5.41) is 19.7. The van der Waals surface area contributed by atoms with E-state index < -0.39 is 46.5 Å². The highest BCUT2D eigenvalue weighted by molar-refractivity contribution is 8.01. The van der Waals surface area contributed by atoms with Crippen molar-refractivity contribution < 1.29 is 34.1 Å². The van der Waals surface area contributed by atoms with Gasteiger partial charge in [-0.3, -0.25) is 19.3 Å². The van der Waals surface area contributed by atoms with Gasteiger partial charge in [0.1, 0.15) is 17.5 Å². The third-order valence-electron chi connectivity index (χ3n) is 4.12. The maximum absolute atomic E-state index is 12.3. The minimum atomic E-state index is -1.46. The second kappa shape index (κ2) is 7.08. The average molecular weight is 375 g/mol. The fourth-order valence-electron chi connectivity index (χ4n) is 2.84. The Morgan fingerprint density at radius 1 is 1.40 bits per heavy atom. The number of carboxylic acid groups (broad SMARTS) is 2. The molecule has 2 saturated heterocycles. The van der Waals surface area contributed by atoms with E-state index in [1.54, 1.807) is 13.8 Å². The van der Waals surface area contributed by atoms with E-state index in [2.05, 4.69) is 5.32 Å². The van der Waals surface area contributed by atoms with E-state index >= 15 is 0 Å². The van der Waals surface area contributed by atoms with Gasteiger partial charge in [0.05, 0.1) is 4.75 Å². The SMILES string of the molecule is CC1(C)SC2C(NC(=O)CCCC(N)C(=O)O)C(=O)N2C1OC(=O)O. The molecule has 2 heterocycles. The number of hydrogen-bond acceptors (Lipinski definition) is 7. The Kier molecular flexibility index (Phi) is 5.47. The van der Waals surface area contributed by atoms with Crippen LogP contribution in [0.2, 0.25) is 0 Å². The first-order chi connectivity index (χ1) is 11.5. The number of thioether (sulfide) groups is 1. The smallest absolute Gasteiger partial charge is 0.480 e. The number of carbonyl (C=O) groups is 4. The van der Waals surface area contributed by atoms with Crippen LogP contribution in [0.25, 0.3) is 0 Å². The van der Waals surface area contributed by atoms with E-state index in [0.29, 0.717) is 0 Å². The lowest BCUT2D eigenvalue weighted by atomic mass is 10.0. The molecule has 0 spiro atoms. The molecule has 0 saturated carbocycles. The molecule has 10 nitrogen and oxygen atoms in total. The molecule has 0 radical (unpaired) electrons. The molecule has 2 amide bonds. The largest absolute Gasteiger partial charge is 0.507 e. The molecule has 4 atom stereocenters. The molecule has 0 aromatic rings.